The molecule has 4 N–H and O–H groups in total. The van der Waals surface area contributed by atoms with Crippen molar-refractivity contribution in [3.63, 3.8) is 0 Å². The second-order valence-corrected chi connectivity index (χ2v) is 5.08. The number of nitrogens with one attached hydrogen (secondary N) is 2. The molecule has 0 saturated heterocycles. The molecule has 0 aromatic heterocycles. The van der Waals surface area contributed by atoms with E-state index in [-0.39, 0.29) is 5.41 Å². The molecular weight excluding hydrogens is 226 g/mol. The zero-order valence-electron chi connectivity index (χ0n) is 11.8. The number of hydrazine groups is 1. The molecule has 0 atom stereocenters. The quantitative estimate of drug-likeness (QED) is 0.298. The van der Waals surface area contributed by atoms with Crippen LogP contribution in [0.25, 0.3) is 0 Å². The zero-order chi connectivity index (χ0) is 13.6. The number of benzene rings is 1. The topological polar surface area (TPSA) is 59.3 Å². The maximum atomic E-state index is 5.47. The van der Waals surface area contributed by atoms with Crippen molar-refractivity contribution in [3.8, 4) is 5.75 Å². The van der Waals surface area contributed by atoms with E-state index in [0.717, 1.165) is 18.7 Å². The van der Waals surface area contributed by atoms with Gasteiger partial charge in [0.15, 0.2) is 0 Å². The van der Waals surface area contributed by atoms with Gasteiger partial charge in [-0.3, -0.25) is 5.84 Å². The van der Waals surface area contributed by atoms with Crippen LogP contribution in [0, 0.1) is 0 Å². The molecule has 0 aliphatic heterocycles. The van der Waals surface area contributed by atoms with E-state index >= 15 is 0 Å². The molecule has 4 nitrogen and oxygen atoms in total. The molecule has 0 fully saturated rings. The number of hydrogen-bond acceptors (Lipinski definition) is 4. The average Bonchev–Trinajstić information content (AvgIpc) is 2.38. The molecule has 1 rings (SSSR count). The van der Waals surface area contributed by atoms with Gasteiger partial charge in [0.25, 0.3) is 0 Å². The first-order valence-corrected chi connectivity index (χ1v) is 6.36. The summed E-state index contributed by atoms with van der Waals surface area (Å²) in [5, 5.41) is 3.27. The van der Waals surface area contributed by atoms with Crippen molar-refractivity contribution in [2.45, 2.75) is 32.6 Å². The van der Waals surface area contributed by atoms with E-state index in [0.29, 0.717) is 6.67 Å². The van der Waals surface area contributed by atoms with E-state index in [2.05, 4.69) is 49.7 Å². The minimum absolute atomic E-state index is 0.00657. The molecule has 0 bridgehead atoms. The van der Waals surface area contributed by atoms with Gasteiger partial charge < -0.3 is 10.1 Å². The van der Waals surface area contributed by atoms with E-state index in [1.807, 2.05) is 0 Å². The summed E-state index contributed by atoms with van der Waals surface area (Å²) in [5.74, 6) is 6.21. The predicted molar refractivity (Wildman–Crippen MR) is 75.6 cm³/mol. The first kappa shape index (κ1) is 15.0. The third-order valence-corrected chi connectivity index (χ3v) is 3.20. The summed E-state index contributed by atoms with van der Waals surface area (Å²) in [7, 11) is 1.72. The van der Waals surface area contributed by atoms with Crippen LogP contribution in [0.3, 0.4) is 0 Å². The highest BCUT2D eigenvalue weighted by molar-refractivity contribution is 5.42. The zero-order valence-corrected chi connectivity index (χ0v) is 11.8. The van der Waals surface area contributed by atoms with Crippen molar-refractivity contribution in [3.05, 3.63) is 29.3 Å². The first-order chi connectivity index (χ1) is 8.55. The lowest BCUT2D eigenvalue weighted by molar-refractivity contribution is 0.383. The highest BCUT2D eigenvalue weighted by Crippen LogP contribution is 2.32. The number of ether oxygens (including phenoxy) is 1. The Hall–Kier alpha value is -1.10. The Labute approximate surface area is 110 Å². The molecule has 0 spiro atoms. The standard InChI is InChI=1S/C14H25N3O/c1-5-11-6-7-13(18-4)12(8-11)14(2,3)9-16-10-17-15/h6-8,16-17H,5,9-10,15H2,1-4H3. The molecule has 0 amide bonds. The molecular formula is C14H25N3O. The normalized spacial score (nSPS) is 11.6. The predicted octanol–water partition coefficient (Wildman–Crippen LogP) is 1.55. The van der Waals surface area contributed by atoms with E-state index < -0.39 is 0 Å². The molecule has 0 saturated carbocycles. The van der Waals surface area contributed by atoms with Gasteiger partial charge in [-0.2, -0.15) is 0 Å². The van der Waals surface area contributed by atoms with Gasteiger partial charge >= 0.3 is 0 Å². The van der Waals surface area contributed by atoms with Crippen molar-refractivity contribution in [2.75, 3.05) is 20.3 Å². The fourth-order valence-corrected chi connectivity index (χ4v) is 2.05. The monoisotopic (exact) mass is 251 g/mol. The van der Waals surface area contributed by atoms with Crippen molar-refractivity contribution in [2.24, 2.45) is 5.84 Å². The molecule has 0 radical (unpaired) electrons. The summed E-state index contributed by atoms with van der Waals surface area (Å²) in [4.78, 5) is 0. The third kappa shape index (κ3) is 3.70. The Balaban J connectivity index is 2.96. The van der Waals surface area contributed by atoms with Crippen LogP contribution in [0.1, 0.15) is 31.9 Å². The Morgan fingerprint density at radius 3 is 2.61 bits per heavy atom. The molecule has 0 heterocycles. The molecule has 4 heteroatoms. The molecule has 102 valence electrons. The van der Waals surface area contributed by atoms with Crippen LogP contribution < -0.4 is 21.3 Å². The smallest absolute Gasteiger partial charge is 0.122 e. The van der Waals surface area contributed by atoms with Crippen molar-refractivity contribution in [1.82, 2.24) is 10.7 Å². The summed E-state index contributed by atoms with van der Waals surface area (Å²) in [5.41, 5.74) is 5.15. The van der Waals surface area contributed by atoms with E-state index in [1.165, 1.54) is 11.1 Å². The summed E-state index contributed by atoms with van der Waals surface area (Å²) in [6.45, 7) is 8.00. The SMILES string of the molecule is CCc1ccc(OC)c(C(C)(C)CNCNN)c1. The molecule has 0 unspecified atom stereocenters. The summed E-state index contributed by atoms with van der Waals surface area (Å²) in [6, 6.07) is 6.40. The van der Waals surface area contributed by atoms with Crippen LogP contribution in [0.15, 0.2) is 18.2 Å². The Bertz CT molecular complexity index is 377. The second kappa shape index (κ2) is 6.73. The van der Waals surface area contributed by atoms with E-state index in [9.17, 15) is 0 Å². The minimum Gasteiger partial charge on any atom is -0.496 e. The number of rotatable bonds is 7. The van der Waals surface area contributed by atoms with Crippen LogP contribution in [0.5, 0.6) is 5.75 Å². The Morgan fingerprint density at radius 2 is 2.06 bits per heavy atom. The van der Waals surface area contributed by atoms with Crippen LogP contribution in [0.4, 0.5) is 0 Å². The highest BCUT2D eigenvalue weighted by atomic mass is 16.5. The number of nitrogens with two attached hydrogens (primary N) is 1. The van der Waals surface area contributed by atoms with Crippen LogP contribution in [-0.4, -0.2) is 20.3 Å². The first-order valence-electron chi connectivity index (χ1n) is 6.36. The minimum atomic E-state index is -0.00657. The number of hydrogen-bond donors (Lipinski definition) is 3. The van der Waals surface area contributed by atoms with Gasteiger partial charge in [0.2, 0.25) is 0 Å². The number of methoxy groups -OCH3 is 1. The second-order valence-electron chi connectivity index (χ2n) is 5.08. The fourth-order valence-electron chi connectivity index (χ4n) is 2.05. The summed E-state index contributed by atoms with van der Waals surface area (Å²) >= 11 is 0. The van der Waals surface area contributed by atoms with Gasteiger partial charge in [-0.05, 0) is 18.1 Å². The lowest BCUT2D eigenvalue weighted by Gasteiger charge is -2.28. The van der Waals surface area contributed by atoms with Gasteiger partial charge in [0.1, 0.15) is 5.75 Å². The van der Waals surface area contributed by atoms with Gasteiger partial charge in [-0.1, -0.05) is 32.9 Å². The van der Waals surface area contributed by atoms with Crippen LogP contribution in [0.2, 0.25) is 0 Å². The maximum Gasteiger partial charge on any atom is 0.122 e. The van der Waals surface area contributed by atoms with Crippen molar-refractivity contribution in [1.29, 1.82) is 0 Å². The average molecular weight is 251 g/mol. The lowest BCUT2D eigenvalue weighted by Crippen LogP contribution is -2.40. The van der Waals surface area contributed by atoms with Gasteiger partial charge in [0, 0.05) is 17.5 Å². The van der Waals surface area contributed by atoms with Gasteiger partial charge in [-0.25, -0.2) is 5.43 Å². The molecule has 0 aliphatic rings. The largest absolute Gasteiger partial charge is 0.496 e. The van der Waals surface area contributed by atoms with Crippen molar-refractivity contribution >= 4 is 0 Å². The van der Waals surface area contributed by atoms with Gasteiger partial charge in [0.05, 0.1) is 13.8 Å². The summed E-state index contributed by atoms with van der Waals surface area (Å²) in [6.07, 6.45) is 1.03. The summed E-state index contributed by atoms with van der Waals surface area (Å²) < 4.78 is 5.47. The Kier molecular flexibility index (Phi) is 5.59. The third-order valence-electron chi connectivity index (χ3n) is 3.20. The lowest BCUT2D eigenvalue weighted by atomic mass is 9.83. The Morgan fingerprint density at radius 1 is 1.33 bits per heavy atom. The fraction of sp³-hybridized carbons (Fsp3) is 0.571. The maximum absolute atomic E-state index is 5.47. The molecule has 18 heavy (non-hydrogen) atoms. The van der Waals surface area contributed by atoms with E-state index in [4.69, 9.17) is 10.6 Å². The van der Waals surface area contributed by atoms with Crippen LogP contribution in [-0.2, 0) is 11.8 Å². The molecule has 0 aliphatic carbocycles. The number of aryl methyl sites for hydroxylation is 1. The van der Waals surface area contributed by atoms with Gasteiger partial charge in [-0.15, -0.1) is 0 Å². The van der Waals surface area contributed by atoms with Crippen molar-refractivity contribution < 1.29 is 4.74 Å². The van der Waals surface area contributed by atoms with Crippen LogP contribution >= 0.6 is 0 Å². The molecule has 1 aromatic rings. The highest BCUT2D eigenvalue weighted by Gasteiger charge is 2.24. The molecule has 1 aromatic carbocycles. The van der Waals surface area contributed by atoms with E-state index in [1.54, 1.807) is 7.11 Å².